The van der Waals surface area contributed by atoms with Gasteiger partial charge in [-0.3, -0.25) is 4.79 Å². The molecule has 2 N–H and O–H groups in total. The van der Waals surface area contributed by atoms with Crippen LogP contribution in [0.15, 0.2) is 30.3 Å². The number of aromatic nitrogens is 1. The van der Waals surface area contributed by atoms with E-state index in [0.29, 0.717) is 10.0 Å². The SMILES string of the molecule is NC(=O)Cc1c(F)ccc(OCc2nc3ccc(Cl)cc3s2)c1F. The van der Waals surface area contributed by atoms with E-state index in [1.165, 1.54) is 17.4 Å². The van der Waals surface area contributed by atoms with Crippen LogP contribution in [0, 0.1) is 11.6 Å². The number of hydrogen-bond donors (Lipinski definition) is 1. The molecule has 0 radical (unpaired) electrons. The smallest absolute Gasteiger partial charge is 0.222 e. The van der Waals surface area contributed by atoms with Gasteiger partial charge in [0.15, 0.2) is 11.6 Å². The Balaban J connectivity index is 1.81. The van der Waals surface area contributed by atoms with E-state index in [4.69, 9.17) is 22.1 Å². The number of primary amides is 1. The third-order valence-electron chi connectivity index (χ3n) is 3.25. The first-order valence-corrected chi connectivity index (χ1v) is 8.06. The number of benzene rings is 2. The van der Waals surface area contributed by atoms with Gasteiger partial charge in [0.1, 0.15) is 17.4 Å². The number of carbonyl (C=O) groups is 1. The van der Waals surface area contributed by atoms with Crippen LogP contribution in [-0.2, 0) is 17.8 Å². The van der Waals surface area contributed by atoms with E-state index in [2.05, 4.69) is 4.98 Å². The highest BCUT2D eigenvalue weighted by atomic mass is 35.5. The second kappa shape index (κ2) is 6.70. The van der Waals surface area contributed by atoms with Crippen molar-refractivity contribution in [1.29, 1.82) is 0 Å². The number of fused-ring (bicyclic) bond motifs is 1. The Hall–Kier alpha value is -2.25. The summed E-state index contributed by atoms with van der Waals surface area (Å²) in [6.45, 7) is 0.00945. The van der Waals surface area contributed by atoms with E-state index in [1.807, 2.05) is 0 Å². The molecule has 1 aromatic heterocycles. The average molecular weight is 369 g/mol. The molecule has 0 unspecified atom stereocenters. The number of ether oxygens (including phenoxy) is 1. The molecule has 2 aromatic carbocycles. The predicted molar refractivity (Wildman–Crippen MR) is 88.2 cm³/mol. The van der Waals surface area contributed by atoms with Gasteiger partial charge in [-0.15, -0.1) is 11.3 Å². The van der Waals surface area contributed by atoms with E-state index in [-0.39, 0.29) is 12.4 Å². The summed E-state index contributed by atoms with van der Waals surface area (Å²) >= 11 is 7.28. The molecule has 0 aliphatic heterocycles. The first-order valence-electron chi connectivity index (χ1n) is 6.87. The Morgan fingerprint density at radius 2 is 2.08 bits per heavy atom. The number of carbonyl (C=O) groups excluding carboxylic acids is 1. The van der Waals surface area contributed by atoms with E-state index >= 15 is 0 Å². The number of nitrogens with zero attached hydrogens (tertiary/aromatic N) is 1. The number of hydrogen-bond acceptors (Lipinski definition) is 4. The molecule has 1 heterocycles. The lowest BCUT2D eigenvalue weighted by Gasteiger charge is -2.09. The molecule has 4 nitrogen and oxygen atoms in total. The van der Waals surface area contributed by atoms with Gasteiger partial charge in [-0.2, -0.15) is 0 Å². The molecule has 3 aromatic rings. The van der Waals surface area contributed by atoms with Crippen LogP contribution in [0.25, 0.3) is 10.2 Å². The fourth-order valence-corrected chi connectivity index (χ4v) is 3.33. The number of thiazole rings is 1. The summed E-state index contributed by atoms with van der Waals surface area (Å²) in [7, 11) is 0. The minimum atomic E-state index is -0.932. The zero-order chi connectivity index (χ0) is 17.3. The average Bonchev–Trinajstić information content (AvgIpc) is 2.92. The summed E-state index contributed by atoms with van der Waals surface area (Å²) in [6.07, 6.45) is -0.533. The van der Waals surface area contributed by atoms with Gasteiger partial charge in [-0.1, -0.05) is 11.6 Å². The van der Waals surface area contributed by atoms with E-state index in [9.17, 15) is 13.6 Å². The van der Waals surface area contributed by atoms with Crippen molar-refractivity contribution in [3.8, 4) is 5.75 Å². The standard InChI is InChI=1S/C16H11ClF2N2O2S/c17-8-1-3-11-13(5-8)24-15(21-11)7-23-12-4-2-10(18)9(16(12)19)6-14(20)22/h1-5H,6-7H2,(H2,20,22). The summed E-state index contributed by atoms with van der Waals surface area (Å²) in [5.74, 6) is -2.76. The predicted octanol–water partition coefficient (Wildman–Crippen LogP) is 3.83. The molecule has 0 spiro atoms. The molecular formula is C16H11ClF2N2O2S. The maximum absolute atomic E-state index is 14.2. The molecule has 0 aliphatic rings. The van der Waals surface area contributed by atoms with Crippen molar-refractivity contribution < 1.29 is 18.3 Å². The molecule has 0 saturated heterocycles. The van der Waals surface area contributed by atoms with Crippen molar-refractivity contribution in [2.45, 2.75) is 13.0 Å². The Morgan fingerprint density at radius 3 is 2.83 bits per heavy atom. The topological polar surface area (TPSA) is 65.2 Å². The minimum Gasteiger partial charge on any atom is -0.483 e. The highest BCUT2D eigenvalue weighted by Crippen LogP contribution is 2.28. The van der Waals surface area contributed by atoms with Crippen molar-refractivity contribution >= 4 is 39.1 Å². The Kier molecular flexibility index (Phi) is 4.64. The van der Waals surface area contributed by atoms with Crippen LogP contribution in [-0.4, -0.2) is 10.9 Å². The van der Waals surface area contributed by atoms with Crippen LogP contribution < -0.4 is 10.5 Å². The van der Waals surface area contributed by atoms with Gasteiger partial charge < -0.3 is 10.5 Å². The number of halogens is 3. The van der Waals surface area contributed by atoms with Crippen molar-refractivity contribution in [1.82, 2.24) is 4.98 Å². The first kappa shape index (κ1) is 16.6. The summed E-state index contributed by atoms with van der Waals surface area (Å²) in [5, 5.41) is 1.21. The summed E-state index contributed by atoms with van der Waals surface area (Å²) in [6, 6.07) is 7.49. The molecule has 124 valence electrons. The molecule has 1 amide bonds. The summed E-state index contributed by atoms with van der Waals surface area (Å²) in [5.41, 5.74) is 5.36. The Morgan fingerprint density at radius 1 is 1.29 bits per heavy atom. The summed E-state index contributed by atoms with van der Waals surface area (Å²) < 4.78 is 34.1. The maximum atomic E-state index is 14.2. The lowest BCUT2D eigenvalue weighted by atomic mass is 10.1. The van der Waals surface area contributed by atoms with Crippen LogP contribution in [0.5, 0.6) is 5.75 Å². The zero-order valence-corrected chi connectivity index (χ0v) is 13.8. The maximum Gasteiger partial charge on any atom is 0.222 e. The number of amides is 1. The van der Waals surface area contributed by atoms with Crippen molar-refractivity contribution in [3.63, 3.8) is 0 Å². The van der Waals surface area contributed by atoms with Gasteiger partial charge >= 0.3 is 0 Å². The molecule has 24 heavy (non-hydrogen) atoms. The van der Waals surface area contributed by atoms with E-state index in [0.717, 1.165) is 16.3 Å². The third-order valence-corrected chi connectivity index (χ3v) is 4.47. The lowest BCUT2D eigenvalue weighted by molar-refractivity contribution is -0.117. The van der Waals surface area contributed by atoms with Crippen LogP contribution in [0.1, 0.15) is 10.6 Å². The Labute approximate surface area is 144 Å². The molecule has 0 bridgehead atoms. The second-order valence-electron chi connectivity index (χ2n) is 4.99. The number of nitrogens with two attached hydrogens (primary N) is 1. The minimum absolute atomic E-state index is 0.00945. The highest BCUT2D eigenvalue weighted by molar-refractivity contribution is 7.18. The van der Waals surface area contributed by atoms with Crippen molar-refractivity contribution in [2.75, 3.05) is 0 Å². The van der Waals surface area contributed by atoms with Gasteiger partial charge in [0.05, 0.1) is 16.6 Å². The first-order chi connectivity index (χ1) is 11.4. The molecule has 0 saturated carbocycles. The number of rotatable bonds is 5. The highest BCUT2D eigenvalue weighted by Gasteiger charge is 2.17. The lowest BCUT2D eigenvalue weighted by Crippen LogP contribution is -2.16. The normalized spacial score (nSPS) is 11.0. The molecule has 0 fully saturated rings. The van der Waals surface area contributed by atoms with Gasteiger partial charge in [0.2, 0.25) is 5.91 Å². The summed E-state index contributed by atoms with van der Waals surface area (Å²) in [4.78, 5) is 15.3. The zero-order valence-electron chi connectivity index (χ0n) is 12.2. The van der Waals surface area contributed by atoms with E-state index in [1.54, 1.807) is 18.2 Å². The van der Waals surface area contributed by atoms with Gasteiger partial charge in [0.25, 0.3) is 0 Å². The fourth-order valence-electron chi connectivity index (χ4n) is 2.17. The van der Waals surface area contributed by atoms with Crippen molar-refractivity contribution in [3.05, 3.63) is 57.6 Å². The van der Waals surface area contributed by atoms with Crippen LogP contribution in [0.3, 0.4) is 0 Å². The quantitative estimate of drug-likeness (QED) is 0.744. The van der Waals surface area contributed by atoms with Gasteiger partial charge in [0, 0.05) is 10.6 Å². The second-order valence-corrected chi connectivity index (χ2v) is 6.54. The molecule has 8 heteroatoms. The third kappa shape index (κ3) is 3.47. The van der Waals surface area contributed by atoms with Crippen LogP contribution >= 0.6 is 22.9 Å². The fraction of sp³-hybridized carbons (Fsp3) is 0.125. The Bertz CT molecular complexity index is 930. The van der Waals surface area contributed by atoms with Crippen molar-refractivity contribution in [2.24, 2.45) is 5.73 Å². The van der Waals surface area contributed by atoms with Gasteiger partial charge in [-0.05, 0) is 30.3 Å². The van der Waals surface area contributed by atoms with Crippen LogP contribution in [0.4, 0.5) is 8.78 Å². The molecule has 3 rings (SSSR count). The monoisotopic (exact) mass is 368 g/mol. The van der Waals surface area contributed by atoms with E-state index < -0.39 is 29.5 Å². The van der Waals surface area contributed by atoms with Gasteiger partial charge in [-0.25, -0.2) is 13.8 Å². The molecule has 0 aliphatic carbocycles. The largest absolute Gasteiger partial charge is 0.483 e. The molecular weight excluding hydrogens is 358 g/mol. The van der Waals surface area contributed by atoms with Crippen LogP contribution in [0.2, 0.25) is 5.02 Å². The molecule has 0 atom stereocenters.